The number of nitrogens with one attached hydrogen (secondary N) is 1. The van der Waals surface area contributed by atoms with Gasteiger partial charge in [0, 0.05) is 12.7 Å². The molecule has 0 aliphatic heterocycles. The first kappa shape index (κ1) is 11.6. The molecule has 17 heavy (non-hydrogen) atoms. The van der Waals surface area contributed by atoms with Gasteiger partial charge in [0.2, 0.25) is 0 Å². The Morgan fingerprint density at radius 3 is 2.41 bits per heavy atom. The highest BCUT2D eigenvalue weighted by Gasteiger charge is 1.98. The van der Waals surface area contributed by atoms with Crippen LogP contribution in [-0.4, -0.2) is 4.98 Å². The van der Waals surface area contributed by atoms with Crippen molar-refractivity contribution in [3.8, 4) is 0 Å². The molecule has 0 amide bonds. The number of hydrogen-bond acceptors (Lipinski definition) is 2. The van der Waals surface area contributed by atoms with E-state index >= 15 is 0 Å². The van der Waals surface area contributed by atoms with Crippen LogP contribution in [-0.2, 0) is 13.0 Å². The van der Waals surface area contributed by atoms with Crippen LogP contribution >= 0.6 is 0 Å². The summed E-state index contributed by atoms with van der Waals surface area (Å²) in [4.78, 5) is 4.32. The van der Waals surface area contributed by atoms with Gasteiger partial charge in [-0.15, -0.1) is 0 Å². The molecule has 0 fully saturated rings. The molecule has 1 aromatic heterocycles. The predicted octanol–water partition coefficient (Wildman–Crippen LogP) is 3.56. The maximum Gasteiger partial charge on any atom is 0.129 e. The van der Waals surface area contributed by atoms with E-state index in [1.807, 2.05) is 12.3 Å². The number of pyridine rings is 1. The lowest BCUT2D eigenvalue weighted by Gasteiger charge is -2.08. The van der Waals surface area contributed by atoms with Gasteiger partial charge in [-0.3, -0.25) is 0 Å². The molecule has 0 bridgehead atoms. The van der Waals surface area contributed by atoms with Gasteiger partial charge in [0.1, 0.15) is 5.82 Å². The third-order valence-electron chi connectivity index (χ3n) is 2.90. The molecule has 88 valence electrons. The predicted molar refractivity (Wildman–Crippen MR) is 72.1 cm³/mol. The van der Waals surface area contributed by atoms with Gasteiger partial charge in [-0.1, -0.05) is 37.3 Å². The van der Waals surface area contributed by atoms with Crippen LogP contribution in [0.2, 0.25) is 0 Å². The zero-order valence-corrected chi connectivity index (χ0v) is 10.4. The maximum atomic E-state index is 4.32. The highest BCUT2D eigenvalue weighted by atomic mass is 15.0. The van der Waals surface area contributed by atoms with E-state index in [1.165, 1.54) is 16.7 Å². The van der Waals surface area contributed by atoms with Crippen molar-refractivity contribution in [1.29, 1.82) is 0 Å². The Balaban J connectivity index is 2.00. The number of anilines is 1. The smallest absolute Gasteiger partial charge is 0.129 e. The van der Waals surface area contributed by atoms with Gasteiger partial charge in [0.15, 0.2) is 0 Å². The van der Waals surface area contributed by atoms with Crippen LogP contribution in [0.15, 0.2) is 42.6 Å². The summed E-state index contributed by atoms with van der Waals surface area (Å²) in [6, 6.07) is 12.7. The molecule has 0 atom stereocenters. The zero-order chi connectivity index (χ0) is 12.1. The summed E-state index contributed by atoms with van der Waals surface area (Å²) >= 11 is 0. The van der Waals surface area contributed by atoms with E-state index in [1.54, 1.807) is 0 Å². The van der Waals surface area contributed by atoms with Gasteiger partial charge in [-0.25, -0.2) is 4.98 Å². The van der Waals surface area contributed by atoms with Crippen LogP contribution in [0.1, 0.15) is 23.6 Å². The average molecular weight is 226 g/mol. The molecule has 1 heterocycles. The number of rotatable bonds is 4. The fraction of sp³-hybridized carbons (Fsp3) is 0.267. The lowest BCUT2D eigenvalue weighted by atomic mass is 10.1. The molecule has 0 aliphatic rings. The molecule has 0 aliphatic carbocycles. The second kappa shape index (κ2) is 5.48. The van der Waals surface area contributed by atoms with Gasteiger partial charge in [0.05, 0.1) is 0 Å². The minimum atomic E-state index is 0.821. The quantitative estimate of drug-likeness (QED) is 0.862. The van der Waals surface area contributed by atoms with Crippen LogP contribution in [0, 0.1) is 6.92 Å². The molecule has 0 unspecified atom stereocenters. The molecule has 0 radical (unpaired) electrons. The summed E-state index contributed by atoms with van der Waals surface area (Å²) in [6.07, 6.45) is 2.91. The minimum Gasteiger partial charge on any atom is -0.366 e. The van der Waals surface area contributed by atoms with Gasteiger partial charge >= 0.3 is 0 Å². The van der Waals surface area contributed by atoms with Crippen LogP contribution in [0.3, 0.4) is 0 Å². The molecule has 0 saturated heterocycles. The van der Waals surface area contributed by atoms with Crippen molar-refractivity contribution in [2.75, 3.05) is 5.32 Å². The molecule has 0 spiro atoms. The number of benzene rings is 1. The molecule has 2 nitrogen and oxygen atoms in total. The lowest BCUT2D eigenvalue weighted by Crippen LogP contribution is -2.02. The Kier molecular flexibility index (Phi) is 3.76. The Hall–Kier alpha value is -1.83. The van der Waals surface area contributed by atoms with Crippen molar-refractivity contribution in [2.45, 2.75) is 26.8 Å². The molecular weight excluding hydrogens is 208 g/mol. The second-order valence-electron chi connectivity index (χ2n) is 4.19. The topological polar surface area (TPSA) is 24.9 Å². The first-order valence-electron chi connectivity index (χ1n) is 6.03. The Bertz CT molecular complexity index is 475. The summed E-state index contributed by atoms with van der Waals surface area (Å²) in [5.74, 6) is 0.965. The van der Waals surface area contributed by atoms with Gasteiger partial charge in [-0.05, 0) is 36.1 Å². The average Bonchev–Trinajstić information content (AvgIpc) is 2.38. The third-order valence-corrected chi connectivity index (χ3v) is 2.90. The van der Waals surface area contributed by atoms with E-state index < -0.39 is 0 Å². The minimum absolute atomic E-state index is 0.821. The van der Waals surface area contributed by atoms with Crippen molar-refractivity contribution in [3.63, 3.8) is 0 Å². The van der Waals surface area contributed by atoms with E-state index in [2.05, 4.69) is 54.5 Å². The van der Waals surface area contributed by atoms with Crippen LogP contribution in [0.4, 0.5) is 5.82 Å². The van der Waals surface area contributed by atoms with Gasteiger partial charge < -0.3 is 5.32 Å². The summed E-state index contributed by atoms with van der Waals surface area (Å²) in [5.41, 5.74) is 3.84. The Morgan fingerprint density at radius 1 is 1.06 bits per heavy atom. The number of nitrogens with zero attached hydrogens (tertiary/aromatic N) is 1. The summed E-state index contributed by atoms with van der Waals surface area (Å²) < 4.78 is 0. The van der Waals surface area contributed by atoms with Crippen LogP contribution in [0.5, 0.6) is 0 Å². The first-order chi connectivity index (χ1) is 8.29. The summed E-state index contributed by atoms with van der Waals surface area (Å²) in [6.45, 7) is 5.06. The highest BCUT2D eigenvalue weighted by molar-refractivity contribution is 5.43. The maximum absolute atomic E-state index is 4.32. The SMILES string of the molecule is CCc1ccc(CNc2ncccc2C)cc1. The normalized spacial score (nSPS) is 10.2. The fourth-order valence-corrected chi connectivity index (χ4v) is 1.75. The van der Waals surface area contributed by atoms with E-state index in [-0.39, 0.29) is 0 Å². The van der Waals surface area contributed by atoms with E-state index in [4.69, 9.17) is 0 Å². The van der Waals surface area contributed by atoms with Crippen molar-refractivity contribution in [1.82, 2.24) is 4.98 Å². The van der Waals surface area contributed by atoms with Crippen molar-refractivity contribution < 1.29 is 0 Å². The highest BCUT2D eigenvalue weighted by Crippen LogP contribution is 2.11. The number of hydrogen-bond donors (Lipinski definition) is 1. The third kappa shape index (κ3) is 3.06. The Morgan fingerprint density at radius 2 is 1.76 bits per heavy atom. The molecule has 1 N–H and O–H groups in total. The lowest BCUT2D eigenvalue weighted by molar-refractivity contribution is 1.08. The van der Waals surface area contributed by atoms with Gasteiger partial charge in [-0.2, -0.15) is 0 Å². The largest absolute Gasteiger partial charge is 0.366 e. The first-order valence-corrected chi connectivity index (χ1v) is 6.03. The van der Waals surface area contributed by atoms with Crippen molar-refractivity contribution >= 4 is 5.82 Å². The van der Waals surface area contributed by atoms with Gasteiger partial charge in [0.25, 0.3) is 0 Å². The van der Waals surface area contributed by atoms with E-state index in [0.717, 1.165) is 18.8 Å². The second-order valence-corrected chi connectivity index (χ2v) is 4.19. The van der Waals surface area contributed by atoms with Crippen LogP contribution in [0.25, 0.3) is 0 Å². The van der Waals surface area contributed by atoms with E-state index in [0.29, 0.717) is 0 Å². The standard InChI is InChI=1S/C15H18N2/c1-3-13-6-8-14(9-7-13)11-17-15-12(2)5-4-10-16-15/h4-10H,3,11H2,1-2H3,(H,16,17). The summed E-state index contributed by atoms with van der Waals surface area (Å²) in [5, 5.41) is 3.36. The van der Waals surface area contributed by atoms with Crippen molar-refractivity contribution in [2.24, 2.45) is 0 Å². The monoisotopic (exact) mass is 226 g/mol. The number of aryl methyl sites for hydroxylation is 2. The molecule has 2 aromatic rings. The number of aromatic nitrogens is 1. The van der Waals surface area contributed by atoms with E-state index in [9.17, 15) is 0 Å². The summed E-state index contributed by atoms with van der Waals surface area (Å²) in [7, 11) is 0. The zero-order valence-electron chi connectivity index (χ0n) is 10.4. The molecule has 2 rings (SSSR count). The van der Waals surface area contributed by atoms with Crippen molar-refractivity contribution in [3.05, 3.63) is 59.3 Å². The molecule has 1 aromatic carbocycles. The molecule has 2 heteroatoms. The molecule has 0 saturated carbocycles. The fourth-order valence-electron chi connectivity index (χ4n) is 1.75. The Labute approximate surface area is 103 Å². The van der Waals surface area contributed by atoms with Crippen LogP contribution < -0.4 is 5.32 Å². The molecular formula is C15H18N2.